The van der Waals surface area contributed by atoms with E-state index in [1.165, 1.54) is 6.92 Å². The Labute approximate surface area is 126 Å². The van der Waals surface area contributed by atoms with E-state index in [2.05, 4.69) is 5.32 Å². The van der Waals surface area contributed by atoms with Crippen LogP contribution in [0.25, 0.3) is 0 Å². The van der Waals surface area contributed by atoms with Gasteiger partial charge in [0, 0.05) is 32.6 Å². The van der Waals surface area contributed by atoms with Crippen LogP contribution in [0.15, 0.2) is 24.3 Å². The van der Waals surface area contributed by atoms with E-state index in [4.69, 9.17) is 5.73 Å². The molecule has 0 saturated carbocycles. The van der Waals surface area contributed by atoms with Gasteiger partial charge in [0.2, 0.25) is 11.8 Å². The van der Waals surface area contributed by atoms with Crippen LogP contribution >= 0.6 is 0 Å². The SMILES string of the molecule is CC(=O)N(C)Cc1cccc(NC(=O)CCC(C)CN)c1. The molecule has 5 nitrogen and oxygen atoms in total. The minimum absolute atomic E-state index is 0.00706. The Hall–Kier alpha value is -1.88. The van der Waals surface area contributed by atoms with E-state index in [-0.39, 0.29) is 11.8 Å². The first kappa shape index (κ1) is 17.2. The molecule has 116 valence electrons. The first-order valence-electron chi connectivity index (χ1n) is 7.23. The third kappa shape index (κ3) is 6.40. The summed E-state index contributed by atoms with van der Waals surface area (Å²) in [4.78, 5) is 24.7. The standard InChI is InChI=1S/C16H25N3O2/c1-12(10-17)7-8-16(21)18-15-6-4-5-14(9-15)11-19(3)13(2)20/h4-6,9,12H,7-8,10-11,17H2,1-3H3,(H,18,21). The molecule has 0 aromatic heterocycles. The van der Waals surface area contributed by atoms with Crippen molar-refractivity contribution in [3.63, 3.8) is 0 Å². The predicted molar refractivity (Wildman–Crippen MR) is 84.7 cm³/mol. The second-order valence-electron chi connectivity index (χ2n) is 5.50. The lowest BCUT2D eigenvalue weighted by Crippen LogP contribution is -2.23. The van der Waals surface area contributed by atoms with Gasteiger partial charge in [-0.2, -0.15) is 0 Å². The second-order valence-corrected chi connectivity index (χ2v) is 5.50. The molecule has 2 amide bonds. The molecule has 1 aromatic carbocycles. The molecule has 0 spiro atoms. The molecule has 0 aliphatic heterocycles. The van der Waals surface area contributed by atoms with Gasteiger partial charge in [0.1, 0.15) is 0 Å². The van der Waals surface area contributed by atoms with E-state index in [0.717, 1.165) is 17.7 Å². The summed E-state index contributed by atoms with van der Waals surface area (Å²) >= 11 is 0. The van der Waals surface area contributed by atoms with Crippen molar-refractivity contribution in [1.29, 1.82) is 0 Å². The molecule has 1 atom stereocenters. The highest BCUT2D eigenvalue weighted by Crippen LogP contribution is 2.13. The first-order chi connectivity index (χ1) is 9.92. The summed E-state index contributed by atoms with van der Waals surface area (Å²) in [5.74, 6) is 0.360. The van der Waals surface area contributed by atoms with E-state index < -0.39 is 0 Å². The van der Waals surface area contributed by atoms with Crippen molar-refractivity contribution in [3.05, 3.63) is 29.8 Å². The fraction of sp³-hybridized carbons (Fsp3) is 0.500. The number of nitrogens with two attached hydrogens (primary N) is 1. The zero-order valence-electron chi connectivity index (χ0n) is 13.1. The Morgan fingerprint density at radius 3 is 2.71 bits per heavy atom. The van der Waals surface area contributed by atoms with Crippen molar-refractivity contribution in [3.8, 4) is 0 Å². The maximum Gasteiger partial charge on any atom is 0.224 e. The molecule has 0 bridgehead atoms. The highest BCUT2D eigenvalue weighted by Gasteiger charge is 2.07. The predicted octanol–water partition coefficient (Wildman–Crippen LogP) is 1.98. The maximum atomic E-state index is 11.9. The number of hydrogen-bond donors (Lipinski definition) is 2. The Kier molecular flexibility index (Phi) is 6.88. The number of anilines is 1. The lowest BCUT2D eigenvalue weighted by Gasteiger charge is -2.15. The smallest absolute Gasteiger partial charge is 0.224 e. The summed E-state index contributed by atoms with van der Waals surface area (Å²) in [5.41, 5.74) is 7.28. The van der Waals surface area contributed by atoms with Gasteiger partial charge in [-0.25, -0.2) is 0 Å². The Morgan fingerprint density at radius 2 is 2.10 bits per heavy atom. The van der Waals surface area contributed by atoms with Crippen LogP contribution in [-0.2, 0) is 16.1 Å². The van der Waals surface area contributed by atoms with Gasteiger partial charge < -0.3 is 16.0 Å². The zero-order valence-corrected chi connectivity index (χ0v) is 13.1. The number of rotatable bonds is 7. The van der Waals surface area contributed by atoms with Crippen LogP contribution < -0.4 is 11.1 Å². The number of nitrogens with zero attached hydrogens (tertiary/aromatic N) is 1. The highest BCUT2D eigenvalue weighted by molar-refractivity contribution is 5.90. The molecule has 1 aromatic rings. The van der Waals surface area contributed by atoms with E-state index >= 15 is 0 Å². The molecular formula is C16H25N3O2. The Morgan fingerprint density at radius 1 is 1.38 bits per heavy atom. The average Bonchev–Trinajstić information content (AvgIpc) is 2.44. The average molecular weight is 291 g/mol. The van der Waals surface area contributed by atoms with Crippen molar-refractivity contribution in [2.75, 3.05) is 18.9 Å². The summed E-state index contributed by atoms with van der Waals surface area (Å²) in [7, 11) is 1.75. The van der Waals surface area contributed by atoms with Gasteiger partial charge in [-0.15, -0.1) is 0 Å². The largest absolute Gasteiger partial charge is 0.342 e. The molecule has 0 fully saturated rings. The van der Waals surface area contributed by atoms with Gasteiger partial charge in [-0.1, -0.05) is 19.1 Å². The van der Waals surface area contributed by atoms with Crippen molar-refractivity contribution >= 4 is 17.5 Å². The maximum absolute atomic E-state index is 11.9. The minimum atomic E-state index is -0.00706. The van der Waals surface area contributed by atoms with Crippen molar-refractivity contribution < 1.29 is 9.59 Å². The number of carbonyl (C=O) groups excluding carboxylic acids is 2. The molecule has 1 rings (SSSR count). The molecule has 3 N–H and O–H groups in total. The van der Waals surface area contributed by atoms with Crippen LogP contribution in [0.4, 0.5) is 5.69 Å². The Bertz CT molecular complexity index is 488. The number of carbonyl (C=O) groups is 2. The van der Waals surface area contributed by atoms with Crippen LogP contribution in [0, 0.1) is 5.92 Å². The second kappa shape index (κ2) is 8.42. The van der Waals surface area contributed by atoms with Crippen molar-refractivity contribution in [2.45, 2.75) is 33.2 Å². The van der Waals surface area contributed by atoms with Gasteiger partial charge in [-0.05, 0) is 36.6 Å². The van der Waals surface area contributed by atoms with Gasteiger partial charge in [0.25, 0.3) is 0 Å². The third-order valence-electron chi connectivity index (χ3n) is 3.43. The molecule has 0 saturated heterocycles. The van der Waals surface area contributed by atoms with Crippen LogP contribution in [0.3, 0.4) is 0 Å². The van der Waals surface area contributed by atoms with E-state index in [1.807, 2.05) is 31.2 Å². The van der Waals surface area contributed by atoms with Crippen LogP contribution in [0.1, 0.15) is 32.3 Å². The van der Waals surface area contributed by atoms with E-state index in [9.17, 15) is 9.59 Å². The number of hydrogen-bond acceptors (Lipinski definition) is 3. The topological polar surface area (TPSA) is 75.4 Å². The third-order valence-corrected chi connectivity index (χ3v) is 3.43. The first-order valence-corrected chi connectivity index (χ1v) is 7.23. The van der Waals surface area contributed by atoms with Crippen molar-refractivity contribution in [1.82, 2.24) is 4.90 Å². The molecule has 0 heterocycles. The van der Waals surface area contributed by atoms with Crippen molar-refractivity contribution in [2.24, 2.45) is 11.7 Å². The normalized spacial score (nSPS) is 11.8. The molecule has 5 heteroatoms. The minimum Gasteiger partial charge on any atom is -0.342 e. The molecule has 0 aliphatic rings. The van der Waals surface area contributed by atoms with E-state index in [0.29, 0.717) is 25.4 Å². The zero-order chi connectivity index (χ0) is 15.8. The summed E-state index contributed by atoms with van der Waals surface area (Å²) < 4.78 is 0. The fourth-order valence-corrected chi connectivity index (χ4v) is 1.85. The molecular weight excluding hydrogens is 266 g/mol. The molecule has 21 heavy (non-hydrogen) atoms. The van der Waals surface area contributed by atoms with E-state index in [1.54, 1.807) is 11.9 Å². The fourth-order valence-electron chi connectivity index (χ4n) is 1.85. The number of nitrogens with one attached hydrogen (secondary N) is 1. The lowest BCUT2D eigenvalue weighted by atomic mass is 10.1. The summed E-state index contributed by atoms with van der Waals surface area (Å²) in [5, 5.41) is 2.88. The molecule has 1 unspecified atom stereocenters. The monoisotopic (exact) mass is 291 g/mol. The number of amides is 2. The Balaban J connectivity index is 2.56. The number of benzene rings is 1. The van der Waals surface area contributed by atoms with Crippen LogP contribution in [-0.4, -0.2) is 30.3 Å². The van der Waals surface area contributed by atoms with Gasteiger partial charge in [0.15, 0.2) is 0 Å². The summed E-state index contributed by atoms with van der Waals surface area (Å²) in [6, 6.07) is 7.55. The lowest BCUT2D eigenvalue weighted by molar-refractivity contribution is -0.128. The van der Waals surface area contributed by atoms with Gasteiger partial charge in [-0.3, -0.25) is 9.59 Å². The van der Waals surface area contributed by atoms with Gasteiger partial charge >= 0.3 is 0 Å². The molecule has 0 aliphatic carbocycles. The van der Waals surface area contributed by atoms with Crippen LogP contribution in [0.5, 0.6) is 0 Å². The van der Waals surface area contributed by atoms with Gasteiger partial charge in [0.05, 0.1) is 0 Å². The molecule has 0 radical (unpaired) electrons. The summed E-state index contributed by atoms with van der Waals surface area (Å²) in [6.45, 7) is 4.69. The highest BCUT2D eigenvalue weighted by atomic mass is 16.2. The quantitative estimate of drug-likeness (QED) is 0.806. The van der Waals surface area contributed by atoms with Crippen LogP contribution in [0.2, 0.25) is 0 Å². The summed E-state index contributed by atoms with van der Waals surface area (Å²) in [6.07, 6.45) is 1.26.